The summed E-state index contributed by atoms with van der Waals surface area (Å²) in [5.74, 6) is 0. The standard InChI is InChI=1S/C12H21F3N2O2/c1-9-7-16(10(18)19-11(2,3)4)5-6-17(9)8-12(13,14)15/h9H,5-8H2,1-4H3/t9-/m1/s1. The van der Waals surface area contributed by atoms with Crippen LogP contribution in [0.15, 0.2) is 0 Å². The molecule has 7 heteroatoms. The molecule has 0 saturated carbocycles. The Bertz CT molecular complexity index is 326. The van der Waals surface area contributed by atoms with E-state index in [0.29, 0.717) is 0 Å². The van der Waals surface area contributed by atoms with Gasteiger partial charge in [0.05, 0.1) is 6.54 Å². The van der Waals surface area contributed by atoms with Crippen LogP contribution in [0.5, 0.6) is 0 Å². The Kier molecular flexibility index (Phi) is 4.71. The van der Waals surface area contributed by atoms with Crippen LogP contribution in [0.25, 0.3) is 0 Å². The molecule has 1 fully saturated rings. The van der Waals surface area contributed by atoms with Crippen molar-refractivity contribution >= 4 is 6.09 Å². The van der Waals surface area contributed by atoms with Gasteiger partial charge in [-0.05, 0) is 27.7 Å². The third-order valence-electron chi connectivity index (χ3n) is 2.80. The van der Waals surface area contributed by atoms with Gasteiger partial charge in [-0.2, -0.15) is 13.2 Å². The maximum absolute atomic E-state index is 12.3. The number of ether oxygens (including phenoxy) is 1. The van der Waals surface area contributed by atoms with E-state index in [1.54, 1.807) is 27.7 Å². The van der Waals surface area contributed by atoms with E-state index in [1.165, 1.54) is 9.80 Å². The van der Waals surface area contributed by atoms with E-state index in [0.717, 1.165) is 0 Å². The summed E-state index contributed by atoms with van der Waals surface area (Å²) in [5, 5.41) is 0. The molecule has 0 aromatic carbocycles. The summed E-state index contributed by atoms with van der Waals surface area (Å²) < 4.78 is 42.2. The van der Waals surface area contributed by atoms with E-state index in [4.69, 9.17) is 4.74 Å². The molecule has 19 heavy (non-hydrogen) atoms. The fourth-order valence-corrected chi connectivity index (χ4v) is 1.95. The molecule has 4 nitrogen and oxygen atoms in total. The van der Waals surface area contributed by atoms with Gasteiger partial charge >= 0.3 is 12.3 Å². The van der Waals surface area contributed by atoms with Gasteiger partial charge in [-0.15, -0.1) is 0 Å². The first-order chi connectivity index (χ1) is 8.48. The highest BCUT2D eigenvalue weighted by Crippen LogP contribution is 2.21. The lowest BCUT2D eigenvalue weighted by atomic mass is 10.2. The summed E-state index contributed by atoms with van der Waals surface area (Å²) in [6.07, 6.45) is -4.67. The number of nitrogens with zero attached hydrogens (tertiary/aromatic N) is 2. The molecule has 1 heterocycles. The van der Waals surface area contributed by atoms with Gasteiger partial charge in [-0.3, -0.25) is 4.90 Å². The molecule has 0 unspecified atom stereocenters. The molecule has 1 rings (SSSR count). The van der Waals surface area contributed by atoms with Gasteiger partial charge in [-0.1, -0.05) is 0 Å². The molecule has 1 aliphatic heterocycles. The third kappa shape index (κ3) is 5.67. The fourth-order valence-electron chi connectivity index (χ4n) is 1.95. The molecule has 0 aromatic heterocycles. The van der Waals surface area contributed by atoms with Gasteiger partial charge in [0.15, 0.2) is 0 Å². The van der Waals surface area contributed by atoms with Crippen molar-refractivity contribution in [3.63, 3.8) is 0 Å². The Morgan fingerprint density at radius 3 is 2.26 bits per heavy atom. The van der Waals surface area contributed by atoms with E-state index >= 15 is 0 Å². The smallest absolute Gasteiger partial charge is 0.410 e. The second-order valence-corrected chi connectivity index (χ2v) is 5.86. The molecule has 0 radical (unpaired) electrons. The largest absolute Gasteiger partial charge is 0.444 e. The van der Waals surface area contributed by atoms with Crippen LogP contribution in [0.2, 0.25) is 0 Å². The van der Waals surface area contributed by atoms with Crippen LogP contribution in [0, 0.1) is 0 Å². The second-order valence-electron chi connectivity index (χ2n) is 5.86. The normalized spacial score (nSPS) is 22.5. The first-order valence-corrected chi connectivity index (χ1v) is 6.27. The summed E-state index contributed by atoms with van der Waals surface area (Å²) in [6, 6.07) is -0.331. The van der Waals surface area contributed by atoms with Crippen molar-refractivity contribution in [2.75, 3.05) is 26.2 Å². The van der Waals surface area contributed by atoms with Crippen molar-refractivity contribution in [1.29, 1.82) is 0 Å². The van der Waals surface area contributed by atoms with Crippen molar-refractivity contribution in [1.82, 2.24) is 9.80 Å². The molecule has 0 spiro atoms. The number of hydrogen-bond acceptors (Lipinski definition) is 3. The number of carbonyl (C=O) groups excluding carboxylic acids is 1. The third-order valence-corrected chi connectivity index (χ3v) is 2.80. The molecule has 1 atom stereocenters. The molecule has 112 valence electrons. The summed E-state index contributed by atoms with van der Waals surface area (Å²) in [7, 11) is 0. The first kappa shape index (κ1) is 16.1. The van der Waals surface area contributed by atoms with Gasteiger partial charge < -0.3 is 9.64 Å². The van der Waals surface area contributed by atoms with Gasteiger partial charge in [0.1, 0.15) is 5.60 Å². The van der Waals surface area contributed by atoms with Crippen LogP contribution < -0.4 is 0 Å². The van der Waals surface area contributed by atoms with Gasteiger partial charge in [0.25, 0.3) is 0 Å². The number of halogens is 3. The van der Waals surface area contributed by atoms with Crippen molar-refractivity contribution in [2.45, 2.75) is 45.5 Å². The maximum Gasteiger partial charge on any atom is 0.410 e. The Balaban J connectivity index is 2.52. The number of amides is 1. The number of rotatable bonds is 1. The van der Waals surface area contributed by atoms with Crippen molar-refractivity contribution in [3.8, 4) is 0 Å². The van der Waals surface area contributed by atoms with E-state index in [2.05, 4.69) is 0 Å². The Labute approximate surface area is 111 Å². The Morgan fingerprint density at radius 2 is 1.84 bits per heavy atom. The van der Waals surface area contributed by atoms with E-state index < -0.39 is 24.4 Å². The lowest BCUT2D eigenvalue weighted by molar-refractivity contribution is -0.154. The fraction of sp³-hybridized carbons (Fsp3) is 0.917. The topological polar surface area (TPSA) is 32.8 Å². The molecular formula is C12H21F3N2O2. The summed E-state index contributed by atoms with van der Waals surface area (Å²) in [5.41, 5.74) is -0.594. The average Bonchev–Trinajstić information content (AvgIpc) is 2.16. The number of carbonyl (C=O) groups is 1. The van der Waals surface area contributed by atoms with Crippen molar-refractivity contribution in [2.24, 2.45) is 0 Å². The van der Waals surface area contributed by atoms with Gasteiger partial charge in [0.2, 0.25) is 0 Å². The Hall–Kier alpha value is -0.980. The van der Waals surface area contributed by atoms with Crippen LogP contribution in [0.1, 0.15) is 27.7 Å². The predicted molar refractivity (Wildman–Crippen MR) is 64.9 cm³/mol. The quantitative estimate of drug-likeness (QED) is 0.741. The molecule has 0 N–H and O–H groups in total. The molecule has 0 aliphatic carbocycles. The number of alkyl halides is 3. The van der Waals surface area contributed by atoms with Crippen LogP contribution in [-0.4, -0.2) is 59.9 Å². The average molecular weight is 282 g/mol. The lowest BCUT2D eigenvalue weighted by Gasteiger charge is -2.40. The zero-order valence-electron chi connectivity index (χ0n) is 11.8. The zero-order valence-corrected chi connectivity index (χ0v) is 11.8. The van der Waals surface area contributed by atoms with E-state index in [-0.39, 0.29) is 25.7 Å². The summed E-state index contributed by atoms with van der Waals surface area (Å²) in [6.45, 7) is 6.75. The van der Waals surface area contributed by atoms with Crippen LogP contribution in [0.3, 0.4) is 0 Å². The van der Waals surface area contributed by atoms with Crippen LogP contribution in [0.4, 0.5) is 18.0 Å². The number of piperazine rings is 1. The zero-order chi connectivity index (χ0) is 14.8. The van der Waals surface area contributed by atoms with Crippen molar-refractivity contribution < 1.29 is 22.7 Å². The summed E-state index contributed by atoms with van der Waals surface area (Å²) >= 11 is 0. The molecular weight excluding hydrogens is 261 g/mol. The first-order valence-electron chi connectivity index (χ1n) is 6.27. The SMILES string of the molecule is C[C@@H]1CN(C(=O)OC(C)(C)C)CCN1CC(F)(F)F. The van der Waals surface area contributed by atoms with Crippen LogP contribution in [-0.2, 0) is 4.74 Å². The minimum absolute atomic E-state index is 0.208. The van der Waals surface area contributed by atoms with Crippen LogP contribution >= 0.6 is 0 Å². The highest BCUT2D eigenvalue weighted by molar-refractivity contribution is 5.68. The van der Waals surface area contributed by atoms with E-state index in [9.17, 15) is 18.0 Å². The minimum Gasteiger partial charge on any atom is -0.444 e. The summed E-state index contributed by atoms with van der Waals surface area (Å²) in [4.78, 5) is 14.6. The minimum atomic E-state index is -4.21. The highest BCUT2D eigenvalue weighted by Gasteiger charge is 2.36. The highest BCUT2D eigenvalue weighted by atomic mass is 19.4. The van der Waals surface area contributed by atoms with Crippen molar-refractivity contribution in [3.05, 3.63) is 0 Å². The van der Waals surface area contributed by atoms with Gasteiger partial charge in [0, 0.05) is 25.7 Å². The number of hydrogen-bond donors (Lipinski definition) is 0. The molecule has 0 aromatic rings. The molecule has 1 saturated heterocycles. The second kappa shape index (κ2) is 5.56. The monoisotopic (exact) mass is 282 g/mol. The predicted octanol–water partition coefficient (Wildman–Crippen LogP) is 2.49. The maximum atomic E-state index is 12.3. The molecule has 0 bridgehead atoms. The van der Waals surface area contributed by atoms with E-state index in [1.807, 2.05) is 0 Å². The molecule has 1 amide bonds. The lowest BCUT2D eigenvalue weighted by Crippen LogP contribution is -2.56. The van der Waals surface area contributed by atoms with Gasteiger partial charge in [-0.25, -0.2) is 4.79 Å². The molecule has 1 aliphatic rings. The Morgan fingerprint density at radius 1 is 1.26 bits per heavy atom.